The zero-order valence-corrected chi connectivity index (χ0v) is 14.8. The molecule has 0 radical (unpaired) electrons. The van der Waals surface area contributed by atoms with Crippen LogP contribution in [0.1, 0.15) is 11.3 Å². The van der Waals surface area contributed by atoms with E-state index in [2.05, 4.69) is 15.2 Å². The van der Waals surface area contributed by atoms with Crippen LogP contribution in [0.5, 0.6) is 0 Å². The standard InChI is InChI=1S/C18H25N5O2/c1-21(2)17-15(5-3-7-19-17)13-20-18(24)23-10-8-22(9-11-23)14-16-6-4-12-25-16/h3-7,12H,8-11,13-14H2,1-2H3,(H,20,24). The lowest BCUT2D eigenvalue weighted by molar-refractivity contribution is 0.130. The average Bonchev–Trinajstić information content (AvgIpc) is 3.13. The highest BCUT2D eigenvalue weighted by Crippen LogP contribution is 2.14. The van der Waals surface area contributed by atoms with E-state index in [0.29, 0.717) is 6.54 Å². The van der Waals surface area contributed by atoms with E-state index >= 15 is 0 Å². The Kier molecular flexibility index (Phi) is 5.55. The summed E-state index contributed by atoms with van der Waals surface area (Å²) in [4.78, 5) is 22.9. The number of aromatic nitrogens is 1. The lowest BCUT2D eigenvalue weighted by Gasteiger charge is -2.34. The molecule has 1 fully saturated rings. The number of piperazine rings is 1. The van der Waals surface area contributed by atoms with Gasteiger partial charge in [0, 0.05) is 58.6 Å². The summed E-state index contributed by atoms with van der Waals surface area (Å²) in [5.74, 6) is 1.84. The molecule has 3 heterocycles. The Morgan fingerprint density at radius 3 is 2.72 bits per heavy atom. The molecule has 7 nitrogen and oxygen atoms in total. The van der Waals surface area contributed by atoms with Gasteiger partial charge in [-0.05, 0) is 18.2 Å². The predicted octanol–water partition coefficient (Wildman–Crippen LogP) is 1.77. The van der Waals surface area contributed by atoms with E-state index in [4.69, 9.17) is 4.42 Å². The molecule has 1 N–H and O–H groups in total. The summed E-state index contributed by atoms with van der Waals surface area (Å²) in [6, 6.07) is 7.74. The Balaban J connectivity index is 1.47. The van der Waals surface area contributed by atoms with E-state index < -0.39 is 0 Å². The van der Waals surface area contributed by atoms with Crippen molar-refractivity contribution in [1.82, 2.24) is 20.1 Å². The molecular weight excluding hydrogens is 318 g/mol. The molecule has 3 rings (SSSR count). The molecule has 134 valence electrons. The average molecular weight is 343 g/mol. The highest BCUT2D eigenvalue weighted by atomic mass is 16.3. The normalized spacial score (nSPS) is 15.2. The number of urea groups is 1. The molecule has 2 aromatic rings. The van der Waals surface area contributed by atoms with Crippen LogP contribution in [-0.4, -0.2) is 61.1 Å². The second-order valence-electron chi connectivity index (χ2n) is 6.38. The van der Waals surface area contributed by atoms with Crippen molar-refractivity contribution in [3.8, 4) is 0 Å². The largest absolute Gasteiger partial charge is 0.468 e. The minimum absolute atomic E-state index is 0.0220. The van der Waals surface area contributed by atoms with Crippen LogP contribution in [-0.2, 0) is 13.1 Å². The molecule has 0 saturated carbocycles. The summed E-state index contributed by atoms with van der Waals surface area (Å²) in [5.41, 5.74) is 1.01. The second kappa shape index (κ2) is 8.02. The maximum Gasteiger partial charge on any atom is 0.317 e. The highest BCUT2D eigenvalue weighted by molar-refractivity contribution is 5.74. The Bertz CT molecular complexity index is 679. The molecule has 7 heteroatoms. The summed E-state index contributed by atoms with van der Waals surface area (Å²) in [5, 5.41) is 3.01. The van der Waals surface area contributed by atoms with E-state index in [1.807, 2.05) is 48.2 Å². The maximum absolute atomic E-state index is 12.4. The molecule has 0 aromatic carbocycles. The molecule has 2 amide bonds. The molecule has 2 aromatic heterocycles. The smallest absolute Gasteiger partial charge is 0.317 e. The van der Waals surface area contributed by atoms with Crippen molar-refractivity contribution in [3.63, 3.8) is 0 Å². The van der Waals surface area contributed by atoms with Crippen molar-refractivity contribution in [2.75, 3.05) is 45.2 Å². The molecule has 0 bridgehead atoms. The second-order valence-corrected chi connectivity index (χ2v) is 6.38. The molecule has 1 aliphatic rings. The lowest BCUT2D eigenvalue weighted by Crippen LogP contribution is -2.51. The molecule has 0 aliphatic carbocycles. The van der Waals surface area contributed by atoms with Gasteiger partial charge < -0.3 is 19.5 Å². The maximum atomic E-state index is 12.4. The number of pyridine rings is 1. The fraction of sp³-hybridized carbons (Fsp3) is 0.444. The minimum atomic E-state index is -0.0220. The van der Waals surface area contributed by atoms with Crippen molar-refractivity contribution in [2.45, 2.75) is 13.1 Å². The summed E-state index contributed by atoms with van der Waals surface area (Å²) >= 11 is 0. The van der Waals surface area contributed by atoms with Gasteiger partial charge in [0.1, 0.15) is 11.6 Å². The number of hydrogen-bond acceptors (Lipinski definition) is 5. The minimum Gasteiger partial charge on any atom is -0.468 e. The third-order valence-electron chi connectivity index (χ3n) is 4.34. The molecule has 25 heavy (non-hydrogen) atoms. The Morgan fingerprint density at radius 2 is 2.04 bits per heavy atom. The summed E-state index contributed by atoms with van der Waals surface area (Å²) < 4.78 is 5.38. The molecule has 1 saturated heterocycles. The van der Waals surface area contributed by atoms with Gasteiger partial charge in [0.15, 0.2) is 0 Å². The predicted molar refractivity (Wildman–Crippen MR) is 96.4 cm³/mol. The SMILES string of the molecule is CN(C)c1ncccc1CNC(=O)N1CCN(Cc2ccco2)CC1. The van der Waals surface area contributed by atoms with Crippen LogP contribution in [0.25, 0.3) is 0 Å². The molecule has 0 spiro atoms. The van der Waals surface area contributed by atoms with Gasteiger partial charge in [-0.25, -0.2) is 9.78 Å². The highest BCUT2D eigenvalue weighted by Gasteiger charge is 2.21. The fourth-order valence-electron chi connectivity index (χ4n) is 2.99. The molecular formula is C18H25N5O2. The van der Waals surface area contributed by atoms with Gasteiger partial charge in [0.2, 0.25) is 0 Å². The van der Waals surface area contributed by atoms with Crippen LogP contribution in [0.15, 0.2) is 41.1 Å². The van der Waals surface area contributed by atoms with Gasteiger partial charge in [0.25, 0.3) is 0 Å². The van der Waals surface area contributed by atoms with Gasteiger partial charge in [-0.3, -0.25) is 4.90 Å². The number of nitrogens with zero attached hydrogens (tertiary/aromatic N) is 4. The first-order chi connectivity index (χ1) is 12.1. The Hall–Kier alpha value is -2.54. The summed E-state index contributed by atoms with van der Waals surface area (Å²) in [6.45, 7) is 4.42. The number of hydrogen-bond donors (Lipinski definition) is 1. The van der Waals surface area contributed by atoms with Crippen LogP contribution in [0.3, 0.4) is 0 Å². The van der Waals surface area contributed by atoms with Crippen molar-refractivity contribution >= 4 is 11.8 Å². The van der Waals surface area contributed by atoms with Gasteiger partial charge in [0.05, 0.1) is 12.8 Å². The molecule has 0 atom stereocenters. The monoisotopic (exact) mass is 343 g/mol. The third kappa shape index (κ3) is 4.51. The number of carbonyl (C=O) groups is 1. The summed E-state index contributed by atoms with van der Waals surface area (Å²) in [6.07, 6.45) is 3.46. The summed E-state index contributed by atoms with van der Waals surface area (Å²) in [7, 11) is 3.90. The van der Waals surface area contributed by atoms with E-state index in [9.17, 15) is 4.79 Å². The molecule has 0 unspecified atom stereocenters. The van der Waals surface area contributed by atoms with E-state index in [0.717, 1.165) is 49.9 Å². The Labute approximate surface area is 148 Å². The van der Waals surface area contributed by atoms with Gasteiger partial charge >= 0.3 is 6.03 Å². The number of carbonyl (C=O) groups excluding carboxylic acids is 1. The lowest BCUT2D eigenvalue weighted by atomic mass is 10.2. The first-order valence-corrected chi connectivity index (χ1v) is 8.52. The zero-order chi connectivity index (χ0) is 17.6. The van der Waals surface area contributed by atoms with Crippen LogP contribution in [0.4, 0.5) is 10.6 Å². The van der Waals surface area contributed by atoms with Crippen LogP contribution < -0.4 is 10.2 Å². The van der Waals surface area contributed by atoms with Gasteiger partial charge in [-0.2, -0.15) is 0 Å². The quantitative estimate of drug-likeness (QED) is 0.896. The van der Waals surface area contributed by atoms with Crippen molar-refractivity contribution < 1.29 is 9.21 Å². The van der Waals surface area contributed by atoms with E-state index in [-0.39, 0.29) is 6.03 Å². The zero-order valence-electron chi connectivity index (χ0n) is 14.8. The number of rotatable bonds is 5. The number of amides is 2. The Morgan fingerprint density at radius 1 is 1.24 bits per heavy atom. The number of furan rings is 1. The van der Waals surface area contributed by atoms with E-state index in [1.54, 1.807) is 12.5 Å². The van der Waals surface area contributed by atoms with Gasteiger partial charge in [-0.1, -0.05) is 6.07 Å². The van der Waals surface area contributed by atoms with Gasteiger partial charge in [-0.15, -0.1) is 0 Å². The topological polar surface area (TPSA) is 64.9 Å². The fourth-order valence-corrected chi connectivity index (χ4v) is 2.99. The van der Waals surface area contributed by atoms with Crippen LogP contribution in [0, 0.1) is 0 Å². The van der Waals surface area contributed by atoms with Crippen molar-refractivity contribution in [1.29, 1.82) is 0 Å². The number of anilines is 1. The van der Waals surface area contributed by atoms with Crippen molar-refractivity contribution in [3.05, 3.63) is 48.0 Å². The van der Waals surface area contributed by atoms with Crippen LogP contribution >= 0.6 is 0 Å². The van der Waals surface area contributed by atoms with E-state index in [1.165, 1.54) is 0 Å². The third-order valence-corrected chi connectivity index (χ3v) is 4.34. The first kappa shape index (κ1) is 17.3. The van der Waals surface area contributed by atoms with Crippen LogP contribution in [0.2, 0.25) is 0 Å². The molecule has 1 aliphatic heterocycles. The first-order valence-electron chi connectivity index (χ1n) is 8.52. The number of nitrogens with one attached hydrogen (secondary N) is 1. The van der Waals surface area contributed by atoms with Crippen molar-refractivity contribution in [2.24, 2.45) is 0 Å².